The van der Waals surface area contributed by atoms with Gasteiger partial charge in [-0.15, -0.1) is 0 Å². The molecule has 1 saturated heterocycles. The molecule has 7 amide bonds. The standard InChI is InChI=1S/C35H61N10O13PS/c1-20(2)13-24(42-35(53)27-5-4-8-45(27)28(47)6-9-57-11-12-58-10-7-39-31(49)23(36)18-60)32(50)41-25(14-22-15-38-19-40-22)33(51)43-26(16-46)34(52)44-29(30(37)48)21(3)17-59(54,55)56/h15,19-21,23-27,29,46,60H,4-14,16-18,36H2,1-3H3,(H2,37,48)(H,38,40)(H,39,49)(H,41,50)(H,42,53)(H,43,51)(H,44,52)(H2,54,55,56)/t21?,23-,24-,25-,26-,27-,29-/m0/s1. The Morgan fingerprint density at radius 1 is 0.950 bits per heavy atom. The van der Waals surface area contributed by atoms with Crippen LogP contribution < -0.4 is 38.1 Å². The molecule has 1 aromatic heterocycles. The third-order valence-electron chi connectivity index (χ3n) is 9.25. The number of likely N-dealkylation sites (tertiary alicyclic amines) is 1. The Balaban J connectivity index is 2.05. The Labute approximate surface area is 353 Å². The average molecular weight is 893 g/mol. The minimum atomic E-state index is -4.61. The van der Waals surface area contributed by atoms with Gasteiger partial charge in [0.2, 0.25) is 41.4 Å². The molecule has 25 heteroatoms. The van der Waals surface area contributed by atoms with Gasteiger partial charge in [0.25, 0.3) is 0 Å². The van der Waals surface area contributed by atoms with E-state index in [1.807, 2.05) is 13.8 Å². The second-order valence-corrected chi connectivity index (χ2v) is 16.8. The van der Waals surface area contributed by atoms with Gasteiger partial charge in [0.1, 0.15) is 30.2 Å². The highest BCUT2D eigenvalue weighted by Gasteiger charge is 2.37. The molecule has 0 spiro atoms. The van der Waals surface area contributed by atoms with Crippen LogP contribution in [0.3, 0.4) is 0 Å². The number of aromatic amines is 1. The Hall–Kier alpha value is -4.16. The van der Waals surface area contributed by atoms with Crippen LogP contribution in [0.2, 0.25) is 0 Å². The summed E-state index contributed by atoms with van der Waals surface area (Å²) in [7, 11) is -4.61. The Morgan fingerprint density at radius 3 is 2.17 bits per heavy atom. The Morgan fingerprint density at radius 2 is 1.58 bits per heavy atom. The lowest BCUT2D eigenvalue weighted by molar-refractivity contribution is -0.140. The molecule has 0 aliphatic carbocycles. The fraction of sp³-hybridized carbons (Fsp3) is 0.714. The highest BCUT2D eigenvalue weighted by Crippen LogP contribution is 2.37. The minimum Gasteiger partial charge on any atom is -0.394 e. The monoisotopic (exact) mass is 892 g/mol. The Kier molecular flexibility index (Phi) is 22.7. The molecule has 1 aliphatic heterocycles. The van der Waals surface area contributed by atoms with E-state index in [9.17, 15) is 53.0 Å². The summed E-state index contributed by atoms with van der Waals surface area (Å²) in [5, 5.41) is 22.5. The fourth-order valence-corrected chi connectivity index (χ4v) is 7.31. The number of nitrogens with two attached hydrogens (primary N) is 2. The number of aliphatic hydroxyl groups is 1. The van der Waals surface area contributed by atoms with Gasteiger partial charge in [-0.2, -0.15) is 12.6 Å². The summed E-state index contributed by atoms with van der Waals surface area (Å²) in [6.45, 7) is 5.25. The van der Waals surface area contributed by atoms with E-state index < -0.39 is 92.1 Å². The summed E-state index contributed by atoms with van der Waals surface area (Å²) in [6.07, 6.45) is 2.80. The number of hydrogen-bond donors (Lipinski definition) is 12. The van der Waals surface area contributed by atoms with E-state index in [0.29, 0.717) is 25.1 Å². The first-order valence-electron chi connectivity index (χ1n) is 19.5. The van der Waals surface area contributed by atoms with Crippen molar-refractivity contribution in [2.75, 3.05) is 58.0 Å². The largest absolute Gasteiger partial charge is 0.394 e. The zero-order valence-corrected chi connectivity index (χ0v) is 35.8. The summed E-state index contributed by atoms with van der Waals surface area (Å²) >= 11 is 3.97. The highest BCUT2D eigenvalue weighted by atomic mass is 32.1. The number of primary amides is 1. The number of imidazole rings is 1. The van der Waals surface area contributed by atoms with Crippen LogP contribution in [-0.4, -0.2) is 165 Å². The molecule has 2 heterocycles. The van der Waals surface area contributed by atoms with Crippen molar-refractivity contribution in [2.24, 2.45) is 23.3 Å². The first-order chi connectivity index (χ1) is 28.3. The number of hydrogen-bond acceptors (Lipinski definition) is 14. The molecule has 23 nitrogen and oxygen atoms in total. The molecule has 60 heavy (non-hydrogen) atoms. The second kappa shape index (κ2) is 26.2. The van der Waals surface area contributed by atoms with E-state index >= 15 is 0 Å². The predicted octanol–water partition coefficient (Wildman–Crippen LogP) is -3.98. The summed E-state index contributed by atoms with van der Waals surface area (Å²) < 4.78 is 22.4. The minimum absolute atomic E-state index is 0.00970. The van der Waals surface area contributed by atoms with Gasteiger partial charge in [0, 0.05) is 37.2 Å². The van der Waals surface area contributed by atoms with Gasteiger partial charge in [-0.05, 0) is 31.1 Å². The lowest BCUT2D eigenvalue weighted by atomic mass is 10.0. The second-order valence-electron chi connectivity index (χ2n) is 14.8. The zero-order chi connectivity index (χ0) is 45.0. The molecule has 1 unspecified atom stereocenters. The molecule has 0 saturated carbocycles. The van der Waals surface area contributed by atoms with E-state index in [-0.39, 0.29) is 75.7 Å². The molecule has 1 aliphatic rings. The number of amides is 7. The first-order valence-corrected chi connectivity index (χ1v) is 21.9. The van der Waals surface area contributed by atoms with E-state index in [0.717, 1.165) is 0 Å². The summed E-state index contributed by atoms with van der Waals surface area (Å²) in [6, 6.07) is -7.38. The van der Waals surface area contributed by atoms with Crippen LogP contribution in [0.25, 0.3) is 0 Å². The van der Waals surface area contributed by atoms with E-state index in [1.54, 1.807) is 0 Å². The van der Waals surface area contributed by atoms with E-state index in [4.69, 9.17) is 20.9 Å². The van der Waals surface area contributed by atoms with Crippen molar-refractivity contribution in [3.8, 4) is 0 Å². The lowest BCUT2D eigenvalue weighted by Crippen LogP contribution is -2.60. The maximum Gasteiger partial charge on any atom is 0.325 e. The molecule has 1 fully saturated rings. The van der Waals surface area contributed by atoms with Gasteiger partial charge in [-0.3, -0.25) is 38.1 Å². The van der Waals surface area contributed by atoms with Crippen molar-refractivity contribution < 1.29 is 62.5 Å². The molecule has 340 valence electrons. The van der Waals surface area contributed by atoms with E-state index in [1.165, 1.54) is 24.3 Å². The van der Waals surface area contributed by atoms with Crippen LogP contribution >= 0.6 is 20.2 Å². The van der Waals surface area contributed by atoms with Crippen molar-refractivity contribution in [3.05, 3.63) is 18.2 Å². The number of H-pyrrole nitrogens is 1. The van der Waals surface area contributed by atoms with Gasteiger partial charge < -0.3 is 72.3 Å². The molecule has 1 aromatic rings. The average Bonchev–Trinajstić information content (AvgIpc) is 3.89. The molecule has 7 atom stereocenters. The first kappa shape index (κ1) is 52.0. The molecular formula is C35H61N10O13PS. The third-order valence-corrected chi connectivity index (χ3v) is 10.7. The van der Waals surface area contributed by atoms with Crippen LogP contribution in [0.15, 0.2) is 12.5 Å². The molecule has 2 rings (SSSR count). The SMILES string of the molecule is CC(C)C[C@H](NC(=O)[C@@H]1CCCN1C(=O)CCOCCOCCNC(=O)[C@@H](N)CS)C(=O)N[C@@H](Cc1cnc[nH]1)C(=O)N[C@@H](CO)C(=O)N[C@H](C(N)=O)C(C)CP(=O)(O)O. The van der Waals surface area contributed by atoms with Gasteiger partial charge in [-0.25, -0.2) is 4.98 Å². The summed E-state index contributed by atoms with van der Waals surface area (Å²) in [5.74, 6) is -6.14. The number of carbonyl (C=O) groups is 7. The van der Waals surface area contributed by atoms with Gasteiger partial charge >= 0.3 is 7.60 Å². The topological polar surface area (TPSA) is 360 Å². The van der Waals surface area contributed by atoms with Crippen molar-refractivity contribution in [1.29, 1.82) is 0 Å². The summed E-state index contributed by atoms with van der Waals surface area (Å²) in [4.78, 5) is 118. The number of aliphatic hydroxyl groups excluding tert-OH is 1. The number of nitrogens with zero attached hydrogens (tertiary/aromatic N) is 2. The van der Waals surface area contributed by atoms with Crippen molar-refractivity contribution in [1.82, 2.24) is 41.5 Å². The maximum absolute atomic E-state index is 13.8. The third kappa shape index (κ3) is 18.6. The fourth-order valence-electron chi connectivity index (χ4n) is 6.19. The van der Waals surface area contributed by atoms with Crippen LogP contribution in [0.4, 0.5) is 0 Å². The number of aromatic nitrogens is 2. The van der Waals surface area contributed by atoms with Crippen LogP contribution in [0.1, 0.15) is 52.1 Å². The summed E-state index contributed by atoms with van der Waals surface area (Å²) in [5.41, 5.74) is 11.3. The zero-order valence-electron chi connectivity index (χ0n) is 34.0. The lowest BCUT2D eigenvalue weighted by Gasteiger charge is -2.29. The Bertz CT molecular complexity index is 1620. The van der Waals surface area contributed by atoms with Crippen molar-refractivity contribution in [3.63, 3.8) is 0 Å². The highest BCUT2D eigenvalue weighted by molar-refractivity contribution is 7.80. The van der Waals surface area contributed by atoms with Crippen LogP contribution in [0.5, 0.6) is 0 Å². The van der Waals surface area contributed by atoms with E-state index in [2.05, 4.69) is 49.2 Å². The maximum atomic E-state index is 13.8. The van der Waals surface area contributed by atoms with Gasteiger partial charge in [0.05, 0.1) is 58.0 Å². The normalized spacial score (nSPS) is 17.1. The molecule has 0 bridgehead atoms. The van der Waals surface area contributed by atoms with Crippen molar-refractivity contribution >= 4 is 61.6 Å². The predicted molar refractivity (Wildman–Crippen MR) is 218 cm³/mol. The molecule has 0 radical (unpaired) electrons. The van der Waals surface area contributed by atoms with Crippen molar-refractivity contribution in [2.45, 2.75) is 89.1 Å². The number of thiol groups is 1. The number of nitrogens with one attached hydrogen (secondary N) is 6. The molecule has 13 N–H and O–H groups in total. The molecule has 0 aromatic carbocycles. The van der Waals surface area contributed by atoms with Crippen LogP contribution in [0, 0.1) is 11.8 Å². The number of carbonyl (C=O) groups excluding carboxylic acids is 7. The van der Waals surface area contributed by atoms with Gasteiger partial charge in [-0.1, -0.05) is 20.8 Å². The van der Waals surface area contributed by atoms with Gasteiger partial charge in [0.15, 0.2) is 0 Å². The van der Waals surface area contributed by atoms with Crippen LogP contribution in [-0.2, 0) is 54.0 Å². The molecular weight excluding hydrogens is 831 g/mol. The quantitative estimate of drug-likeness (QED) is 0.0217. The number of ether oxygens (including phenoxy) is 2. The number of rotatable bonds is 28. The smallest absolute Gasteiger partial charge is 0.325 e.